The van der Waals surface area contributed by atoms with Crippen LogP contribution in [0.3, 0.4) is 0 Å². The summed E-state index contributed by atoms with van der Waals surface area (Å²) in [4.78, 5) is 45.2. The molecule has 0 aliphatic heterocycles. The fourth-order valence-electron chi connectivity index (χ4n) is 1.97. The predicted molar refractivity (Wildman–Crippen MR) is 82.4 cm³/mol. The quantitative estimate of drug-likeness (QED) is 0.603. The van der Waals surface area contributed by atoms with Gasteiger partial charge in [-0.1, -0.05) is 6.07 Å². The van der Waals surface area contributed by atoms with E-state index >= 15 is 0 Å². The van der Waals surface area contributed by atoms with Crippen LogP contribution in [0.4, 0.5) is 0 Å². The largest absolute Gasteiger partial charge is 0.467 e. The van der Waals surface area contributed by atoms with E-state index in [-0.39, 0.29) is 23.8 Å². The topological polar surface area (TPSA) is 108 Å². The lowest BCUT2D eigenvalue weighted by Crippen LogP contribution is -2.41. The molecule has 0 spiro atoms. The van der Waals surface area contributed by atoms with E-state index < -0.39 is 23.9 Å². The van der Waals surface area contributed by atoms with Gasteiger partial charge in [-0.3, -0.25) is 14.4 Å². The van der Waals surface area contributed by atoms with Crippen LogP contribution in [-0.4, -0.2) is 37.0 Å². The molecule has 0 heterocycles. The lowest BCUT2D eigenvalue weighted by molar-refractivity contribution is -0.144. The average molecular weight is 337 g/mol. The third kappa shape index (κ3) is 6.07. The van der Waals surface area contributed by atoms with Crippen molar-refractivity contribution in [2.45, 2.75) is 33.2 Å². The van der Waals surface area contributed by atoms with Crippen molar-refractivity contribution in [1.29, 1.82) is 0 Å². The van der Waals surface area contributed by atoms with Crippen molar-refractivity contribution in [2.24, 2.45) is 0 Å². The van der Waals surface area contributed by atoms with E-state index in [4.69, 9.17) is 9.47 Å². The van der Waals surface area contributed by atoms with Crippen LogP contribution in [-0.2, 0) is 30.3 Å². The Morgan fingerprint density at radius 3 is 2.08 bits per heavy atom. The Labute approximate surface area is 139 Å². The summed E-state index contributed by atoms with van der Waals surface area (Å²) in [5, 5.41) is 2.48. The molecule has 1 atom stereocenters. The van der Waals surface area contributed by atoms with Gasteiger partial charge in [0.1, 0.15) is 6.04 Å². The van der Waals surface area contributed by atoms with Crippen molar-refractivity contribution in [3.05, 3.63) is 23.8 Å². The van der Waals surface area contributed by atoms with E-state index in [2.05, 4.69) is 10.1 Å². The summed E-state index contributed by atoms with van der Waals surface area (Å²) in [5.74, 6) is -2.03. The molecule has 0 aliphatic carbocycles. The van der Waals surface area contributed by atoms with Gasteiger partial charge in [-0.15, -0.1) is 0 Å². The smallest absolute Gasteiger partial charge is 0.328 e. The van der Waals surface area contributed by atoms with Gasteiger partial charge in [0.05, 0.1) is 7.11 Å². The Balaban J connectivity index is 3.09. The second-order valence-electron chi connectivity index (χ2n) is 4.95. The number of amides is 1. The molecule has 130 valence electrons. The zero-order valence-electron chi connectivity index (χ0n) is 13.9. The van der Waals surface area contributed by atoms with Gasteiger partial charge in [-0.25, -0.2) is 4.79 Å². The predicted octanol–water partition coefficient (Wildman–Crippen LogP) is 0.757. The number of nitrogens with one attached hydrogen (secondary N) is 1. The van der Waals surface area contributed by atoms with Gasteiger partial charge in [0, 0.05) is 27.2 Å². The van der Waals surface area contributed by atoms with Gasteiger partial charge in [0.25, 0.3) is 0 Å². The summed E-state index contributed by atoms with van der Waals surface area (Å²) in [5.41, 5.74) is 0.575. The highest BCUT2D eigenvalue weighted by Gasteiger charge is 2.21. The molecule has 0 fully saturated rings. The van der Waals surface area contributed by atoms with Crippen LogP contribution in [0, 0.1) is 0 Å². The summed E-state index contributed by atoms with van der Waals surface area (Å²) in [6.45, 7) is 3.71. The lowest BCUT2D eigenvalue weighted by atomic mass is 10.1. The van der Waals surface area contributed by atoms with E-state index in [1.54, 1.807) is 6.07 Å². The number of esters is 3. The maximum atomic E-state index is 11.7. The number of hydrogen-bond acceptors (Lipinski definition) is 7. The minimum absolute atomic E-state index is 0.0432. The average Bonchev–Trinajstić information content (AvgIpc) is 2.47. The second-order valence-corrected chi connectivity index (χ2v) is 4.95. The van der Waals surface area contributed by atoms with Gasteiger partial charge in [0.15, 0.2) is 11.5 Å². The van der Waals surface area contributed by atoms with Gasteiger partial charge >= 0.3 is 17.9 Å². The molecule has 0 bridgehead atoms. The molecule has 24 heavy (non-hydrogen) atoms. The molecule has 0 saturated heterocycles. The number of hydrogen-bond donors (Lipinski definition) is 1. The van der Waals surface area contributed by atoms with Crippen molar-refractivity contribution in [1.82, 2.24) is 5.32 Å². The maximum absolute atomic E-state index is 11.7. The van der Waals surface area contributed by atoms with Crippen LogP contribution < -0.4 is 14.8 Å². The van der Waals surface area contributed by atoms with Crippen LogP contribution in [0.2, 0.25) is 0 Å². The van der Waals surface area contributed by atoms with E-state index in [1.807, 2.05) is 0 Å². The first kappa shape index (κ1) is 19.1. The first-order valence-electron chi connectivity index (χ1n) is 7.07. The summed E-state index contributed by atoms with van der Waals surface area (Å²) in [7, 11) is 1.21. The standard InChI is InChI=1S/C16H19NO7/c1-9(18)17-13(16(21)22-4)7-12-5-6-14(23-10(2)19)15(8-12)24-11(3)20/h5-6,8,13H,7H2,1-4H3,(H,17,18)/t13-/m0/s1. The summed E-state index contributed by atoms with van der Waals surface area (Å²) in [6.07, 6.45) is 0.112. The molecule has 0 unspecified atom stereocenters. The van der Waals surface area contributed by atoms with E-state index in [0.29, 0.717) is 5.56 Å². The zero-order chi connectivity index (χ0) is 18.3. The monoisotopic (exact) mass is 337 g/mol. The van der Waals surface area contributed by atoms with Crippen molar-refractivity contribution in [2.75, 3.05) is 7.11 Å². The van der Waals surface area contributed by atoms with Gasteiger partial charge in [-0.05, 0) is 17.7 Å². The Morgan fingerprint density at radius 2 is 1.58 bits per heavy atom. The Bertz CT molecular complexity index is 654. The SMILES string of the molecule is COC(=O)[C@H](Cc1ccc(OC(C)=O)c(OC(C)=O)c1)NC(C)=O. The molecule has 0 aromatic heterocycles. The van der Waals surface area contributed by atoms with Crippen molar-refractivity contribution in [3.63, 3.8) is 0 Å². The molecular weight excluding hydrogens is 318 g/mol. The molecule has 1 aromatic rings. The maximum Gasteiger partial charge on any atom is 0.328 e. The molecule has 0 radical (unpaired) electrons. The minimum atomic E-state index is -0.891. The number of methoxy groups -OCH3 is 1. The molecule has 0 aliphatic rings. The van der Waals surface area contributed by atoms with Crippen LogP contribution in [0.1, 0.15) is 26.3 Å². The Morgan fingerprint density at radius 1 is 1.00 bits per heavy atom. The molecule has 1 N–H and O–H groups in total. The molecule has 8 heteroatoms. The molecule has 1 amide bonds. The van der Waals surface area contributed by atoms with Gasteiger partial charge in [0.2, 0.25) is 5.91 Å². The van der Waals surface area contributed by atoms with E-state index in [9.17, 15) is 19.2 Å². The van der Waals surface area contributed by atoms with Crippen molar-refractivity contribution >= 4 is 23.8 Å². The summed E-state index contributed by atoms with van der Waals surface area (Å²) in [6, 6.07) is 3.59. The van der Waals surface area contributed by atoms with Crippen molar-refractivity contribution in [3.8, 4) is 11.5 Å². The highest BCUT2D eigenvalue weighted by atomic mass is 16.6. The molecule has 1 rings (SSSR count). The highest BCUT2D eigenvalue weighted by Crippen LogP contribution is 2.29. The minimum Gasteiger partial charge on any atom is -0.467 e. The van der Waals surface area contributed by atoms with Crippen molar-refractivity contribution < 1.29 is 33.4 Å². The number of ether oxygens (including phenoxy) is 3. The lowest BCUT2D eigenvalue weighted by Gasteiger charge is -2.16. The normalized spacial score (nSPS) is 11.2. The van der Waals surface area contributed by atoms with E-state index in [0.717, 1.165) is 0 Å². The molecule has 1 aromatic carbocycles. The van der Waals surface area contributed by atoms with Crippen LogP contribution >= 0.6 is 0 Å². The van der Waals surface area contributed by atoms with Crippen LogP contribution in [0.15, 0.2) is 18.2 Å². The summed E-state index contributed by atoms with van der Waals surface area (Å²) < 4.78 is 14.6. The van der Waals surface area contributed by atoms with E-state index in [1.165, 1.54) is 40.0 Å². The first-order chi connectivity index (χ1) is 11.2. The first-order valence-corrected chi connectivity index (χ1v) is 7.07. The van der Waals surface area contributed by atoms with Gasteiger partial charge < -0.3 is 19.5 Å². The number of rotatable bonds is 6. The van der Waals surface area contributed by atoms with Crippen LogP contribution in [0.25, 0.3) is 0 Å². The Kier molecular flexibility index (Phi) is 6.91. The Hall–Kier alpha value is -2.90. The second kappa shape index (κ2) is 8.66. The zero-order valence-corrected chi connectivity index (χ0v) is 13.9. The molecular formula is C16H19NO7. The molecule has 8 nitrogen and oxygen atoms in total. The number of benzene rings is 1. The fourth-order valence-corrected chi connectivity index (χ4v) is 1.97. The highest BCUT2D eigenvalue weighted by molar-refractivity contribution is 5.83. The van der Waals surface area contributed by atoms with Crippen LogP contribution in [0.5, 0.6) is 11.5 Å². The number of carbonyl (C=O) groups is 4. The fraction of sp³-hybridized carbons (Fsp3) is 0.375. The third-order valence-corrected chi connectivity index (χ3v) is 2.82. The third-order valence-electron chi connectivity index (χ3n) is 2.82. The van der Waals surface area contributed by atoms with Gasteiger partial charge in [-0.2, -0.15) is 0 Å². The number of carbonyl (C=O) groups excluding carboxylic acids is 4. The molecule has 0 saturated carbocycles. The summed E-state index contributed by atoms with van der Waals surface area (Å²) >= 11 is 0.